The number of rotatable bonds is 5. The van der Waals surface area contributed by atoms with E-state index in [1.54, 1.807) is 60.7 Å². The molecule has 1 N–H and O–H groups in total. The molecule has 8 heteroatoms. The molecule has 164 valence electrons. The number of carbonyl (C=O) groups is 2. The van der Waals surface area contributed by atoms with E-state index in [-0.39, 0.29) is 17.4 Å². The number of benzene rings is 2. The van der Waals surface area contributed by atoms with Crippen molar-refractivity contribution in [1.82, 2.24) is 9.88 Å². The Morgan fingerprint density at radius 2 is 1.69 bits per heavy atom. The van der Waals surface area contributed by atoms with E-state index >= 15 is 0 Å². The van der Waals surface area contributed by atoms with Gasteiger partial charge in [0.25, 0.3) is 11.8 Å². The van der Waals surface area contributed by atoms with Crippen molar-refractivity contribution in [2.45, 2.75) is 0 Å². The van der Waals surface area contributed by atoms with E-state index in [1.807, 2.05) is 6.07 Å². The second-order valence-electron chi connectivity index (χ2n) is 7.35. The zero-order chi connectivity index (χ0) is 22.5. The molecule has 1 aromatic heterocycles. The molecule has 0 spiro atoms. The first-order valence-corrected chi connectivity index (χ1v) is 10.3. The first-order valence-electron chi connectivity index (χ1n) is 10.3. The summed E-state index contributed by atoms with van der Waals surface area (Å²) in [5.74, 6) is 0.400. The summed E-state index contributed by atoms with van der Waals surface area (Å²) in [6, 6.07) is 16.5. The Kier molecular flexibility index (Phi) is 6.30. The molecule has 3 aromatic rings. The monoisotopic (exact) mass is 434 g/mol. The maximum Gasteiger partial charge on any atom is 0.256 e. The van der Waals surface area contributed by atoms with Gasteiger partial charge in [-0.05, 0) is 48.5 Å². The van der Waals surface area contributed by atoms with Gasteiger partial charge in [-0.15, -0.1) is 0 Å². The van der Waals surface area contributed by atoms with E-state index in [4.69, 9.17) is 4.74 Å². The lowest BCUT2D eigenvalue weighted by atomic mass is 10.1. The Balaban J connectivity index is 1.33. The highest BCUT2D eigenvalue weighted by Gasteiger charge is 2.24. The van der Waals surface area contributed by atoms with Crippen LogP contribution < -0.4 is 15.0 Å². The number of aromatic nitrogens is 1. The molecule has 1 aliphatic heterocycles. The molecule has 0 saturated carbocycles. The lowest BCUT2D eigenvalue weighted by molar-refractivity contribution is 0.0741. The Labute approximate surface area is 185 Å². The van der Waals surface area contributed by atoms with Gasteiger partial charge in [0.05, 0.1) is 24.6 Å². The normalized spacial score (nSPS) is 13.6. The Bertz CT molecular complexity index is 1090. The zero-order valence-electron chi connectivity index (χ0n) is 17.6. The molecule has 1 saturated heterocycles. The molecule has 1 aliphatic rings. The summed E-state index contributed by atoms with van der Waals surface area (Å²) in [6.07, 6.45) is 1.60. The molecule has 2 heterocycles. The first kappa shape index (κ1) is 21.3. The molecule has 7 nitrogen and oxygen atoms in total. The van der Waals surface area contributed by atoms with Crippen LogP contribution in [0.1, 0.15) is 20.7 Å². The van der Waals surface area contributed by atoms with Crippen LogP contribution in [0.3, 0.4) is 0 Å². The number of ether oxygens (including phenoxy) is 1. The predicted molar refractivity (Wildman–Crippen MR) is 120 cm³/mol. The topological polar surface area (TPSA) is 74.8 Å². The lowest BCUT2D eigenvalue weighted by Gasteiger charge is -2.35. The maximum atomic E-state index is 13.9. The fraction of sp³-hybridized carbons (Fsp3) is 0.208. The number of nitrogens with zero attached hydrogens (tertiary/aromatic N) is 3. The standard InChI is InChI=1S/C24H23FN4O3/c1-32-19-9-6-17(7-10-19)23(30)27-18-8-11-22(26-16-18)28-12-14-29(15-13-28)24(31)20-4-2-3-5-21(20)25/h2-11,16H,12-15H2,1H3,(H,27,30). The molecule has 32 heavy (non-hydrogen) atoms. The van der Waals surface area contributed by atoms with Gasteiger partial charge in [0, 0.05) is 31.7 Å². The van der Waals surface area contributed by atoms with Gasteiger partial charge in [0.15, 0.2) is 0 Å². The number of nitrogens with one attached hydrogen (secondary N) is 1. The highest BCUT2D eigenvalue weighted by molar-refractivity contribution is 6.04. The summed E-state index contributed by atoms with van der Waals surface area (Å²) in [6.45, 7) is 2.13. The molecular formula is C24H23FN4O3. The molecule has 0 aliphatic carbocycles. The van der Waals surface area contributed by atoms with Gasteiger partial charge >= 0.3 is 0 Å². The fourth-order valence-corrected chi connectivity index (χ4v) is 3.54. The number of hydrogen-bond donors (Lipinski definition) is 1. The quantitative estimate of drug-likeness (QED) is 0.666. The van der Waals surface area contributed by atoms with Gasteiger partial charge in [-0.25, -0.2) is 9.37 Å². The van der Waals surface area contributed by atoms with Gasteiger partial charge in [-0.1, -0.05) is 12.1 Å². The average molecular weight is 434 g/mol. The van der Waals surface area contributed by atoms with Gasteiger partial charge in [-0.2, -0.15) is 0 Å². The number of methoxy groups -OCH3 is 1. The van der Waals surface area contributed by atoms with E-state index in [1.165, 1.54) is 12.1 Å². The molecule has 0 atom stereocenters. The van der Waals surface area contributed by atoms with Crippen molar-refractivity contribution < 1.29 is 18.7 Å². The van der Waals surface area contributed by atoms with Crippen LogP contribution in [0.5, 0.6) is 5.75 Å². The van der Waals surface area contributed by atoms with Crippen LogP contribution in [0, 0.1) is 5.82 Å². The average Bonchev–Trinajstić information content (AvgIpc) is 2.84. The van der Waals surface area contributed by atoms with E-state index in [0.717, 1.165) is 5.82 Å². The Hall–Kier alpha value is -3.94. The summed E-state index contributed by atoms with van der Waals surface area (Å²) in [5.41, 5.74) is 1.20. The predicted octanol–water partition coefficient (Wildman–Crippen LogP) is 3.44. The van der Waals surface area contributed by atoms with Crippen LogP contribution in [0.2, 0.25) is 0 Å². The smallest absolute Gasteiger partial charge is 0.256 e. The number of piperazine rings is 1. The Morgan fingerprint density at radius 1 is 0.969 bits per heavy atom. The fourth-order valence-electron chi connectivity index (χ4n) is 3.54. The van der Waals surface area contributed by atoms with Crippen molar-refractivity contribution in [2.75, 3.05) is 43.5 Å². The minimum atomic E-state index is -0.506. The Morgan fingerprint density at radius 3 is 2.31 bits per heavy atom. The molecule has 2 amide bonds. The number of carbonyl (C=O) groups excluding carboxylic acids is 2. The number of hydrogen-bond acceptors (Lipinski definition) is 5. The number of amides is 2. The van der Waals surface area contributed by atoms with Gasteiger partial charge in [0.1, 0.15) is 17.4 Å². The van der Waals surface area contributed by atoms with Gasteiger partial charge < -0.3 is 19.9 Å². The van der Waals surface area contributed by atoms with Crippen molar-refractivity contribution >= 4 is 23.3 Å². The number of anilines is 2. The summed E-state index contributed by atoms with van der Waals surface area (Å²) >= 11 is 0. The van der Waals surface area contributed by atoms with Crippen LogP contribution in [0.4, 0.5) is 15.9 Å². The SMILES string of the molecule is COc1ccc(C(=O)Nc2ccc(N3CCN(C(=O)c4ccccc4F)CC3)nc2)cc1. The van der Waals surface area contributed by atoms with Crippen molar-refractivity contribution in [3.8, 4) is 5.75 Å². The maximum absolute atomic E-state index is 13.9. The van der Waals surface area contributed by atoms with E-state index in [9.17, 15) is 14.0 Å². The third-order valence-electron chi connectivity index (χ3n) is 5.35. The number of halogens is 1. The highest BCUT2D eigenvalue weighted by Crippen LogP contribution is 2.19. The van der Waals surface area contributed by atoms with Crippen LogP contribution in [-0.2, 0) is 0 Å². The van der Waals surface area contributed by atoms with E-state index in [2.05, 4.69) is 15.2 Å². The molecule has 1 fully saturated rings. The largest absolute Gasteiger partial charge is 0.497 e. The second kappa shape index (κ2) is 9.47. The van der Waals surface area contributed by atoms with Crippen LogP contribution in [-0.4, -0.2) is 55.0 Å². The highest BCUT2D eigenvalue weighted by atomic mass is 19.1. The molecular weight excluding hydrogens is 411 g/mol. The minimum absolute atomic E-state index is 0.0935. The summed E-state index contributed by atoms with van der Waals surface area (Å²) in [7, 11) is 1.57. The second-order valence-corrected chi connectivity index (χ2v) is 7.35. The van der Waals surface area contributed by atoms with E-state index < -0.39 is 5.82 Å². The summed E-state index contributed by atoms with van der Waals surface area (Å²) in [4.78, 5) is 33.1. The van der Waals surface area contributed by atoms with Crippen LogP contribution in [0.15, 0.2) is 66.9 Å². The van der Waals surface area contributed by atoms with Crippen molar-refractivity contribution in [2.24, 2.45) is 0 Å². The molecule has 0 bridgehead atoms. The lowest BCUT2D eigenvalue weighted by Crippen LogP contribution is -2.49. The van der Waals surface area contributed by atoms with E-state index in [0.29, 0.717) is 43.2 Å². The van der Waals surface area contributed by atoms with Crippen molar-refractivity contribution in [1.29, 1.82) is 0 Å². The molecule has 0 radical (unpaired) electrons. The van der Waals surface area contributed by atoms with Crippen LogP contribution in [0.25, 0.3) is 0 Å². The minimum Gasteiger partial charge on any atom is -0.497 e. The summed E-state index contributed by atoms with van der Waals surface area (Å²) < 4.78 is 19.0. The molecule has 4 rings (SSSR count). The third kappa shape index (κ3) is 4.69. The number of pyridine rings is 1. The molecule has 0 unspecified atom stereocenters. The van der Waals surface area contributed by atoms with Crippen LogP contribution >= 0.6 is 0 Å². The van der Waals surface area contributed by atoms with Gasteiger partial charge in [0.2, 0.25) is 0 Å². The zero-order valence-corrected chi connectivity index (χ0v) is 17.6. The molecule has 2 aromatic carbocycles. The third-order valence-corrected chi connectivity index (χ3v) is 5.35. The van der Waals surface area contributed by atoms with Crippen molar-refractivity contribution in [3.05, 3.63) is 83.8 Å². The van der Waals surface area contributed by atoms with Crippen molar-refractivity contribution in [3.63, 3.8) is 0 Å². The summed E-state index contributed by atoms with van der Waals surface area (Å²) in [5, 5.41) is 2.82. The van der Waals surface area contributed by atoms with Gasteiger partial charge in [-0.3, -0.25) is 9.59 Å². The first-order chi connectivity index (χ1) is 15.5.